The van der Waals surface area contributed by atoms with Crippen molar-refractivity contribution in [2.75, 3.05) is 0 Å². The van der Waals surface area contributed by atoms with Gasteiger partial charge in [-0.15, -0.1) is 0 Å². The van der Waals surface area contributed by atoms with E-state index in [1.54, 1.807) is 0 Å². The van der Waals surface area contributed by atoms with Crippen LogP contribution in [0.4, 0.5) is 13.2 Å². The minimum atomic E-state index is -1.78. The van der Waals surface area contributed by atoms with Gasteiger partial charge in [-0.2, -0.15) is 0 Å². The summed E-state index contributed by atoms with van der Waals surface area (Å²) in [4.78, 5) is 10.3. The average Bonchev–Trinajstić information content (AvgIpc) is 2.09. The number of carboxylic acids is 1. The summed E-state index contributed by atoms with van der Waals surface area (Å²) in [7, 11) is 0. The van der Waals surface area contributed by atoms with Gasteiger partial charge >= 0.3 is 5.97 Å². The van der Waals surface area contributed by atoms with Crippen LogP contribution in [0, 0.1) is 17.5 Å². The molecule has 0 saturated carbocycles. The predicted octanol–water partition coefficient (Wildman–Crippen LogP) is 1.19. The molecule has 1 aromatic carbocycles. The highest BCUT2D eigenvalue weighted by molar-refractivity contribution is 5.75. The van der Waals surface area contributed by atoms with Crippen LogP contribution >= 0.6 is 0 Å². The first-order chi connectivity index (χ1) is 6.43. The summed E-state index contributed by atoms with van der Waals surface area (Å²) in [6.45, 7) is 0. The van der Waals surface area contributed by atoms with Crippen molar-refractivity contribution in [3.63, 3.8) is 0 Å². The fourth-order valence-electron chi connectivity index (χ4n) is 0.935. The van der Waals surface area contributed by atoms with Crippen LogP contribution in [0.3, 0.4) is 0 Å². The lowest BCUT2D eigenvalue weighted by molar-refractivity contribution is -0.138. The van der Waals surface area contributed by atoms with E-state index in [0.29, 0.717) is 12.1 Å². The van der Waals surface area contributed by atoms with Crippen molar-refractivity contribution in [2.24, 2.45) is 5.73 Å². The molecule has 76 valence electrons. The third-order valence-corrected chi connectivity index (χ3v) is 1.62. The summed E-state index contributed by atoms with van der Waals surface area (Å²) in [5.74, 6) is -5.54. The normalized spacial score (nSPS) is 12.6. The van der Waals surface area contributed by atoms with Crippen LogP contribution in [0.15, 0.2) is 12.1 Å². The molecule has 1 aromatic rings. The maximum Gasteiger partial charge on any atom is 0.325 e. The summed E-state index contributed by atoms with van der Waals surface area (Å²) in [5.41, 5.74) is 4.29. The van der Waals surface area contributed by atoms with Crippen molar-refractivity contribution in [2.45, 2.75) is 6.04 Å². The van der Waals surface area contributed by atoms with Crippen LogP contribution in [-0.2, 0) is 4.79 Å². The van der Waals surface area contributed by atoms with Gasteiger partial charge in [0, 0.05) is 11.6 Å². The molecule has 0 aliphatic heterocycles. The monoisotopic (exact) mass is 205 g/mol. The van der Waals surface area contributed by atoms with E-state index in [0.717, 1.165) is 0 Å². The molecular formula is C8H6F3NO2. The maximum absolute atomic E-state index is 12.9. The van der Waals surface area contributed by atoms with Gasteiger partial charge in [0.1, 0.15) is 11.9 Å². The summed E-state index contributed by atoms with van der Waals surface area (Å²) < 4.78 is 38.1. The molecule has 0 saturated heterocycles. The number of aliphatic carboxylic acids is 1. The highest BCUT2D eigenvalue weighted by Gasteiger charge is 2.21. The molecule has 3 N–H and O–H groups in total. The third kappa shape index (κ3) is 1.85. The molecule has 0 bridgehead atoms. The minimum Gasteiger partial charge on any atom is -0.480 e. The molecule has 0 aromatic heterocycles. The standard InChI is InChI=1S/C8H6F3NO2/c9-3-1-4(7(12)8(13)14)6(11)5(10)2-3/h1-2,7H,12H2,(H,13,14). The molecule has 0 heterocycles. The van der Waals surface area contributed by atoms with Crippen molar-refractivity contribution in [3.8, 4) is 0 Å². The average molecular weight is 205 g/mol. The number of rotatable bonds is 2. The predicted molar refractivity (Wildman–Crippen MR) is 40.9 cm³/mol. The number of nitrogens with two attached hydrogens (primary N) is 1. The van der Waals surface area contributed by atoms with Gasteiger partial charge in [-0.1, -0.05) is 0 Å². The Morgan fingerprint density at radius 3 is 2.43 bits per heavy atom. The fraction of sp³-hybridized carbons (Fsp3) is 0.125. The first-order valence-electron chi connectivity index (χ1n) is 3.56. The van der Waals surface area contributed by atoms with E-state index in [1.807, 2.05) is 0 Å². The van der Waals surface area contributed by atoms with Crippen LogP contribution in [0.5, 0.6) is 0 Å². The molecule has 0 aliphatic rings. The zero-order valence-electron chi connectivity index (χ0n) is 6.80. The van der Waals surface area contributed by atoms with Crippen molar-refractivity contribution in [1.29, 1.82) is 0 Å². The first-order valence-corrected chi connectivity index (χ1v) is 3.56. The Kier molecular flexibility index (Phi) is 2.76. The molecule has 3 nitrogen and oxygen atoms in total. The lowest BCUT2D eigenvalue weighted by atomic mass is 10.1. The highest BCUT2D eigenvalue weighted by atomic mass is 19.2. The van der Waals surface area contributed by atoms with Crippen LogP contribution < -0.4 is 5.73 Å². The first kappa shape index (κ1) is 10.5. The number of carboxylic acid groups (broad SMARTS) is 1. The van der Waals surface area contributed by atoms with Crippen LogP contribution in [0.2, 0.25) is 0 Å². The van der Waals surface area contributed by atoms with Crippen molar-refractivity contribution in [1.82, 2.24) is 0 Å². The molecular weight excluding hydrogens is 199 g/mol. The summed E-state index contributed by atoms with van der Waals surface area (Å²) in [6.07, 6.45) is 0. The zero-order chi connectivity index (χ0) is 10.9. The topological polar surface area (TPSA) is 63.3 Å². The van der Waals surface area contributed by atoms with Crippen molar-refractivity contribution in [3.05, 3.63) is 35.1 Å². The summed E-state index contributed by atoms with van der Waals surface area (Å²) in [5, 5.41) is 8.41. The van der Waals surface area contributed by atoms with Crippen molar-refractivity contribution >= 4 is 5.97 Å². The van der Waals surface area contributed by atoms with E-state index in [-0.39, 0.29) is 0 Å². The number of carbonyl (C=O) groups is 1. The minimum absolute atomic E-state index is 0.313. The molecule has 14 heavy (non-hydrogen) atoms. The number of hydrogen-bond acceptors (Lipinski definition) is 2. The molecule has 6 heteroatoms. The quantitative estimate of drug-likeness (QED) is 0.713. The Labute approximate surface area is 77.0 Å². The van der Waals surface area contributed by atoms with Gasteiger partial charge < -0.3 is 10.8 Å². The molecule has 1 rings (SSSR count). The van der Waals surface area contributed by atoms with Crippen LogP contribution in [0.25, 0.3) is 0 Å². The fourth-order valence-corrected chi connectivity index (χ4v) is 0.935. The molecule has 0 aliphatic carbocycles. The van der Waals surface area contributed by atoms with Crippen LogP contribution in [0.1, 0.15) is 11.6 Å². The van der Waals surface area contributed by atoms with Gasteiger partial charge in [0.05, 0.1) is 0 Å². The Hall–Kier alpha value is -1.56. The lowest BCUT2D eigenvalue weighted by Crippen LogP contribution is -2.22. The third-order valence-electron chi connectivity index (χ3n) is 1.62. The second kappa shape index (κ2) is 3.67. The summed E-state index contributed by atoms with van der Waals surface area (Å²) >= 11 is 0. The van der Waals surface area contributed by atoms with E-state index < -0.39 is 35.0 Å². The molecule has 1 atom stereocenters. The second-order valence-electron chi connectivity index (χ2n) is 2.61. The maximum atomic E-state index is 12.9. The highest BCUT2D eigenvalue weighted by Crippen LogP contribution is 2.19. The van der Waals surface area contributed by atoms with Gasteiger partial charge in [0.15, 0.2) is 11.6 Å². The van der Waals surface area contributed by atoms with Crippen LogP contribution in [-0.4, -0.2) is 11.1 Å². The summed E-state index contributed by atoms with van der Waals surface area (Å²) in [6, 6.07) is -0.912. The number of halogens is 3. The van der Waals surface area contributed by atoms with Crippen molar-refractivity contribution < 1.29 is 23.1 Å². The number of benzene rings is 1. The van der Waals surface area contributed by atoms with E-state index in [4.69, 9.17) is 10.8 Å². The SMILES string of the molecule is NC(C(=O)O)c1cc(F)cc(F)c1F. The zero-order valence-corrected chi connectivity index (χ0v) is 6.80. The number of hydrogen-bond donors (Lipinski definition) is 2. The van der Waals surface area contributed by atoms with E-state index >= 15 is 0 Å². The Morgan fingerprint density at radius 2 is 1.93 bits per heavy atom. The van der Waals surface area contributed by atoms with E-state index in [1.165, 1.54) is 0 Å². The Bertz CT molecular complexity index is 381. The van der Waals surface area contributed by atoms with Gasteiger partial charge in [-0.25, -0.2) is 13.2 Å². The smallest absolute Gasteiger partial charge is 0.325 e. The lowest BCUT2D eigenvalue weighted by Gasteiger charge is -2.08. The van der Waals surface area contributed by atoms with E-state index in [2.05, 4.69) is 0 Å². The molecule has 0 spiro atoms. The van der Waals surface area contributed by atoms with Gasteiger partial charge in [0.2, 0.25) is 0 Å². The molecule has 0 fully saturated rings. The van der Waals surface area contributed by atoms with Gasteiger partial charge in [0.25, 0.3) is 0 Å². The van der Waals surface area contributed by atoms with Gasteiger partial charge in [-0.05, 0) is 6.07 Å². The molecule has 0 radical (unpaired) electrons. The largest absolute Gasteiger partial charge is 0.480 e. The van der Waals surface area contributed by atoms with E-state index in [9.17, 15) is 18.0 Å². The molecule has 0 amide bonds. The Morgan fingerprint density at radius 1 is 1.36 bits per heavy atom. The Balaban J connectivity index is 3.26. The van der Waals surface area contributed by atoms with Gasteiger partial charge in [-0.3, -0.25) is 4.79 Å². The molecule has 1 unspecified atom stereocenters. The second-order valence-corrected chi connectivity index (χ2v) is 2.61.